The third kappa shape index (κ3) is 7.66. The highest BCUT2D eigenvalue weighted by Crippen LogP contribution is 2.13. The summed E-state index contributed by atoms with van der Waals surface area (Å²) < 4.78 is 0. The van der Waals surface area contributed by atoms with Gasteiger partial charge in [-0.1, -0.05) is 19.9 Å². The number of allylic oxidation sites excluding steroid dienone is 2. The van der Waals surface area contributed by atoms with Crippen molar-refractivity contribution < 1.29 is 4.79 Å². The van der Waals surface area contributed by atoms with Gasteiger partial charge in [0.25, 0.3) is 0 Å². The summed E-state index contributed by atoms with van der Waals surface area (Å²) in [6.45, 7) is 5.91. The van der Waals surface area contributed by atoms with Crippen LogP contribution in [0.1, 0.15) is 27.2 Å². The molecule has 0 aliphatic rings. The van der Waals surface area contributed by atoms with E-state index in [1.165, 1.54) is 0 Å². The van der Waals surface area contributed by atoms with Crippen molar-refractivity contribution in [2.45, 2.75) is 32.4 Å². The summed E-state index contributed by atoms with van der Waals surface area (Å²) in [5, 5.41) is 0.635. The van der Waals surface area contributed by atoms with Crippen molar-refractivity contribution in [3.8, 4) is 0 Å². The van der Waals surface area contributed by atoms with Crippen molar-refractivity contribution in [3.05, 3.63) is 12.2 Å². The van der Waals surface area contributed by atoms with Crippen molar-refractivity contribution in [2.75, 3.05) is 5.75 Å². The standard InChI is InChI=1S/C9H16OS/c1-4-11-9(3)7-5-6-8(2)10/h5-6,9H,4,7H2,1-3H3/b6-5-/t9-/m0/s1. The van der Waals surface area contributed by atoms with Crippen LogP contribution in [0.3, 0.4) is 0 Å². The van der Waals surface area contributed by atoms with Crippen molar-refractivity contribution in [2.24, 2.45) is 0 Å². The first-order chi connectivity index (χ1) is 5.16. The fourth-order valence-corrected chi connectivity index (χ4v) is 1.59. The second kappa shape index (κ2) is 6.47. The zero-order chi connectivity index (χ0) is 8.69. The number of hydrogen-bond donors (Lipinski definition) is 0. The molecule has 2 heteroatoms. The van der Waals surface area contributed by atoms with Crippen molar-refractivity contribution in [3.63, 3.8) is 0 Å². The van der Waals surface area contributed by atoms with E-state index in [1.807, 2.05) is 17.8 Å². The van der Waals surface area contributed by atoms with Crippen molar-refractivity contribution in [1.29, 1.82) is 0 Å². The Bertz CT molecular complexity index is 140. The Morgan fingerprint density at radius 2 is 2.27 bits per heavy atom. The minimum atomic E-state index is 0.138. The Kier molecular flexibility index (Phi) is 6.33. The maximum atomic E-state index is 10.5. The van der Waals surface area contributed by atoms with E-state index >= 15 is 0 Å². The average molecular weight is 172 g/mol. The summed E-state index contributed by atoms with van der Waals surface area (Å²) in [4.78, 5) is 10.5. The molecule has 11 heavy (non-hydrogen) atoms. The molecule has 0 aliphatic carbocycles. The van der Waals surface area contributed by atoms with Crippen molar-refractivity contribution >= 4 is 17.5 Å². The van der Waals surface area contributed by atoms with E-state index in [0.29, 0.717) is 5.25 Å². The minimum Gasteiger partial charge on any atom is -0.295 e. The Morgan fingerprint density at radius 1 is 1.64 bits per heavy atom. The Balaban J connectivity index is 3.44. The molecule has 0 saturated heterocycles. The van der Waals surface area contributed by atoms with Gasteiger partial charge in [0.2, 0.25) is 0 Å². The molecule has 1 nitrogen and oxygen atoms in total. The number of hydrogen-bond acceptors (Lipinski definition) is 2. The SMILES string of the molecule is CCS[C@@H](C)C/C=C\C(C)=O. The summed E-state index contributed by atoms with van der Waals surface area (Å²) in [5.74, 6) is 1.29. The van der Waals surface area contributed by atoms with E-state index in [4.69, 9.17) is 0 Å². The van der Waals surface area contributed by atoms with Gasteiger partial charge in [-0.15, -0.1) is 0 Å². The minimum absolute atomic E-state index is 0.138. The van der Waals surface area contributed by atoms with Gasteiger partial charge in [0.05, 0.1) is 0 Å². The van der Waals surface area contributed by atoms with E-state index < -0.39 is 0 Å². The van der Waals surface area contributed by atoms with E-state index in [2.05, 4.69) is 13.8 Å². The average Bonchev–Trinajstić information content (AvgIpc) is 1.87. The molecule has 0 bridgehead atoms. The number of ketones is 1. The summed E-state index contributed by atoms with van der Waals surface area (Å²) in [6, 6.07) is 0. The molecule has 0 unspecified atom stereocenters. The Hall–Kier alpha value is -0.240. The molecule has 0 N–H and O–H groups in total. The van der Waals surface area contributed by atoms with Crippen LogP contribution < -0.4 is 0 Å². The Labute approximate surface area is 73.3 Å². The number of carbonyl (C=O) groups excluding carboxylic acids is 1. The lowest BCUT2D eigenvalue weighted by Crippen LogP contribution is -1.94. The van der Waals surface area contributed by atoms with Gasteiger partial charge >= 0.3 is 0 Å². The van der Waals surface area contributed by atoms with Crippen LogP contribution >= 0.6 is 11.8 Å². The smallest absolute Gasteiger partial charge is 0.152 e. The van der Waals surface area contributed by atoms with Crippen LogP contribution in [0.25, 0.3) is 0 Å². The van der Waals surface area contributed by atoms with E-state index in [1.54, 1.807) is 13.0 Å². The predicted octanol–water partition coefficient (Wildman–Crippen LogP) is 2.66. The monoisotopic (exact) mass is 172 g/mol. The van der Waals surface area contributed by atoms with Gasteiger partial charge in [-0.2, -0.15) is 11.8 Å². The molecule has 0 aromatic heterocycles. The van der Waals surface area contributed by atoms with Crippen LogP contribution in [0, 0.1) is 0 Å². The number of rotatable bonds is 5. The zero-order valence-corrected chi connectivity index (χ0v) is 8.28. The normalized spacial score (nSPS) is 13.7. The molecule has 0 saturated carbocycles. The predicted molar refractivity (Wildman–Crippen MR) is 52.0 cm³/mol. The largest absolute Gasteiger partial charge is 0.295 e. The zero-order valence-electron chi connectivity index (χ0n) is 7.46. The third-order valence-electron chi connectivity index (χ3n) is 1.27. The lowest BCUT2D eigenvalue weighted by atomic mass is 10.3. The first-order valence-electron chi connectivity index (χ1n) is 3.95. The van der Waals surface area contributed by atoms with E-state index in [0.717, 1.165) is 12.2 Å². The van der Waals surface area contributed by atoms with Gasteiger partial charge in [0.1, 0.15) is 0 Å². The quantitative estimate of drug-likeness (QED) is 0.593. The van der Waals surface area contributed by atoms with Crippen LogP contribution in [-0.2, 0) is 4.79 Å². The molecular weight excluding hydrogens is 156 g/mol. The fourth-order valence-electron chi connectivity index (χ4n) is 0.778. The summed E-state index contributed by atoms with van der Waals surface area (Å²) in [6.07, 6.45) is 4.60. The molecule has 64 valence electrons. The topological polar surface area (TPSA) is 17.1 Å². The maximum absolute atomic E-state index is 10.5. The highest BCUT2D eigenvalue weighted by atomic mass is 32.2. The lowest BCUT2D eigenvalue weighted by molar-refractivity contribution is -0.112. The summed E-state index contributed by atoms with van der Waals surface area (Å²) in [7, 11) is 0. The van der Waals surface area contributed by atoms with Crippen LogP contribution in [-0.4, -0.2) is 16.8 Å². The number of carbonyl (C=O) groups is 1. The summed E-state index contributed by atoms with van der Waals surface area (Å²) >= 11 is 1.92. The van der Waals surface area contributed by atoms with Gasteiger partial charge in [-0.25, -0.2) is 0 Å². The van der Waals surface area contributed by atoms with Gasteiger partial charge in [0.15, 0.2) is 5.78 Å². The van der Waals surface area contributed by atoms with Gasteiger partial charge in [-0.3, -0.25) is 4.79 Å². The molecule has 0 aromatic carbocycles. The molecule has 0 amide bonds. The second-order valence-electron chi connectivity index (χ2n) is 2.51. The molecule has 0 fully saturated rings. The fraction of sp³-hybridized carbons (Fsp3) is 0.667. The van der Waals surface area contributed by atoms with Crippen LogP contribution in [0.15, 0.2) is 12.2 Å². The molecule has 1 atom stereocenters. The highest BCUT2D eigenvalue weighted by molar-refractivity contribution is 7.99. The van der Waals surface area contributed by atoms with Gasteiger partial charge < -0.3 is 0 Å². The highest BCUT2D eigenvalue weighted by Gasteiger charge is 1.96. The van der Waals surface area contributed by atoms with Gasteiger partial charge in [-0.05, 0) is 25.2 Å². The molecule has 0 rings (SSSR count). The molecule has 0 spiro atoms. The van der Waals surface area contributed by atoms with Crippen molar-refractivity contribution in [1.82, 2.24) is 0 Å². The Morgan fingerprint density at radius 3 is 2.73 bits per heavy atom. The molecule has 0 heterocycles. The first-order valence-corrected chi connectivity index (χ1v) is 5.00. The van der Waals surface area contributed by atoms with Gasteiger partial charge in [0, 0.05) is 5.25 Å². The van der Waals surface area contributed by atoms with Crippen LogP contribution in [0.4, 0.5) is 0 Å². The summed E-state index contributed by atoms with van der Waals surface area (Å²) in [5.41, 5.74) is 0. The third-order valence-corrected chi connectivity index (χ3v) is 2.37. The first kappa shape index (κ1) is 10.8. The van der Waals surface area contributed by atoms with Crippen LogP contribution in [0.2, 0.25) is 0 Å². The molecular formula is C9H16OS. The van der Waals surface area contributed by atoms with Crippen LogP contribution in [0.5, 0.6) is 0 Å². The molecule has 0 radical (unpaired) electrons. The number of thioether (sulfide) groups is 1. The van der Waals surface area contributed by atoms with E-state index in [-0.39, 0.29) is 5.78 Å². The molecule has 0 aromatic rings. The lowest BCUT2D eigenvalue weighted by Gasteiger charge is -2.04. The van der Waals surface area contributed by atoms with E-state index in [9.17, 15) is 4.79 Å². The molecule has 0 aliphatic heterocycles. The second-order valence-corrected chi connectivity index (χ2v) is 4.23. The maximum Gasteiger partial charge on any atom is 0.152 e.